The quantitative estimate of drug-likeness (QED) is 0.893. The van der Waals surface area contributed by atoms with Crippen LogP contribution in [0.4, 0.5) is 10.1 Å². The van der Waals surface area contributed by atoms with Crippen LogP contribution in [0.5, 0.6) is 0 Å². The summed E-state index contributed by atoms with van der Waals surface area (Å²) >= 11 is 3.24. The summed E-state index contributed by atoms with van der Waals surface area (Å²) in [6.07, 6.45) is 0. The van der Waals surface area contributed by atoms with Crippen molar-refractivity contribution in [2.75, 3.05) is 5.73 Å². The summed E-state index contributed by atoms with van der Waals surface area (Å²) in [4.78, 5) is 15.1. The fraction of sp³-hybridized carbons (Fsp3) is 0. The Morgan fingerprint density at radius 2 is 2.00 bits per heavy atom. The van der Waals surface area contributed by atoms with Crippen molar-refractivity contribution in [3.63, 3.8) is 0 Å². The van der Waals surface area contributed by atoms with Crippen LogP contribution in [-0.2, 0) is 0 Å². The van der Waals surface area contributed by atoms with E-state index in [1.807, 2.05) is 0 Å². The molecule has 92 valence electrons. The van der Waals surface area contributed by atoms with Crippen molar-refractivity contribution in [1.29, 1.82) is 0 Å². The topological polar surface area (TPSA) is 82.0 Å². The largest absolute Gasteiger partial charge is 0.397 e. The zero-order valence-corrected chi connectivity index (χ0v) is 10.7. The lowest BCUT2D eigenvalue weighted by Gasteiger charge is -2.06. The van der Waals surface area contributed by atoms with Crippen molar-refractivity contribution in [3.05, 3.63) is 46.3 Å². The molecule has 1 aromatic heterocycles. The van der Waals surface area contributed by atoms with Crippen LogP contribution >= 0.6 is 15.9 Å². The first kappa shape index (κ1) is 12.5. The van der Waals surface area contributed by atoms with Gasteiger partial charge in [-0.25, -0.2) is 9.37 Å². The van der Waals surface area contributed by atoms with Gasteiger partial charge in [-0.2, -0.15) is 0 Å². The predicted octanol–water partition coefficient (Wildman–Crippen LogP) is 2.33. The number of carbonyl (C=O) groups excluding carboxylic acids is 1. The first-order valence-electron chi connectivity index (χ1n) is 5.01. The number of amides is 1. The number of aromatic nitrogens is 1. The summed E-state index contributed by atoms with van der Waals surface area (Å²) in [5.41, 5.74) is 11.4. The molecule has 4 nitrogen and oxygen atoms in total. The first-order chi connectivity index (χ1) is 8.49. The van der Waals surface area contributed by atoms with Crippen molar-refractivity contribution in [1.82, 2.24) is 4.98 Å². The van der Waals surface area contributed by atoms with Gasteiger partial charge in [0, 0.05) is 10.0 Å². The Bertz CT molecular complexity index is 631. The molecule has 0 spiro atoms. The molecule has 2 rings (SSSR count). The summed E-state index contributed by atoms with van der Waals surface area (Å²) in [5.74, 6) is -1.18. The van der Waals surface area contributed by atoms with Crippen LogP contribution in [0.25, 0.3) is 11.3 Å². The van der Waals surface area contributed by atoms with Crippen LogP contribution in [0.3, 0.4) is 0 Å². The molecule has 0 aliphatic rings. The van der Waals surface area contributed by atoms with Crippen LogP contribution in [-0.4, -0.2) is 10.9 Å². The molecule has 0 atom stereocenters. The zero-order valence-electron chi connectivity index (χ0n) is 9.15. The van der Waals surface area contributed by atoms with E-state index >= 15 is 0 Å². The number of hydrogen-bond acceptors (Lipinski definition) is 3. The average Bonchev–Trinajstić information content (AvgIpc) is 2.33. The molecular weight excluding hydrogens is 301 g/mol. The SMILES string of the molecule is NC(=O)c1nc(-c2cc(Br)ccc2F)ccc1N. The number of anilines is 1. The minimum absolute atomic E-state index is 0.0631. The fourth-order valence-electron chi connectivity index (χ4n) is 1.51. The van der Waals surface area contributed by atoms with E-state index in [0.717, 1.165) is 0 Å². The molecule has 1 amide bonds. The maximum absolute atomic E-state index is 13.7. The lowest BCUT2D eigenvalue weighted by molar-refractivity contribution is 0.0996. The Kier molecular flexibility index (Phi) is 3.29. The van der Waals surface area contributed by atoms with Crippen LogP contribution in [0.15, 0.2) is 34.8 Å². The minimum atomic E-state index is -0.746. The standard InChI is InChI=1S/C12H9BrFN3O/c13-6-1-2-8(14)7(5-6)10-4-3-9(15)11(17-10)12(16)18/h1-5H,15H2,(H2,16,18). The molecule has 0 saturated heterocycles. The average molecular weight is 310 g/mol. The fourth-order valence-corrected chi connectivity index (χ4v) is 1.87. The van der Waals surface area contributed by atoms with Gasteiger partial charge >= 0.3 is 0 Å². The molecule has 2 aromatic rings. The highest BCUT2D eigenvalue weighted by Gasteiger charge is 2.12. The van der Waals surface area contributed by atoms with Gasteiger partial charge in [0.25, 0.3) is 5.91 Å². The zero-order chi connectivity index (χ0) is 13.3. The molecule has 0 saturated carbocycles. The molecule has 1 aromatic carbocycles. The van der Waals surface area contributed by atoms with Gasteiger partial charge in [-0.05, 0) is 30.3 Å². The van der Waals surface area contributed by atoms with E-state index in [0.29, 0.717) is 10.2 Å². The minimum Gasteiger partial charge on any atom is -0.397 e. The van der Waals surface area contributed by atoms with Gasteiger partial charge < -0.3 is 11.5 Å². The normalized spacial score (nSPS) is 10.3. The molecular formula is C12H9BrFN3O. The molecule has 0 aliphatic carbocycles. The van der Waals surface area contributed by atoms with Gasteiger partial charge in [-0.1, -0.05) is 15.9 Å². The van der Waals surface area contributed by atoms with Crippen molar-refractivity contribution in [2.45, 2.75) is 0 Å². The lowest BCUT2D eigenvalue weighted by atomic mass is 10.1. The predicted molar refractivity (Wildman–Crippen MR) is 70.3 cm³/mol. The molecule has 0 unspecified atom stereocenters. The Morgan fingerprint density at radius 1 is 1.28 bits per heavy atom. The molecule has 0 radical (unpaired) electrons. The second-order valence-corrected chi connectivity index (χ2v) is 4.54. The lowest BCUT2D eigenvalue weighted by Crippen LogP contribution is -2.16. The number of carbonyl (C=O) groups is 1. The summed E-state index contributed by atoms with van der Waals surface area (Å²) in [6, 6.07) is 7.46. The molecule has 0 bridgehead atoms. The molecule has 4 N–H and O–H groups in total. The Labute approximate surface area is 111 Å². The van der Waals surface area contributed by atoms with Gasteiger partial charge in [0.1, 0.15) is 5.82 Å². The molecule has 0 aliphatic heterocycles. The number of halogens is 2. The molecule has 0 fully saturated rings. The van der Waals surface area contributed by atoms with Gasteiger partial charge in [-0.15, -0.1) is 0 Å². The number of hydrogen-bond donors (Lipinski definition) is 2. The van der Waals surface area contributed by atoms with Gasteiger partial charge in [0.15, 0.2) is 5.69 Å². The van der Waals surface area contributed by atoms with Crippen molar-refractivity contribution in [2.24, 2.45) is 5.73 Å². The summed E-state index contributed by atoms with van der Waals surface area (Å²) in [6.45, 7) is 0. The van der Waals surface area contributed by atoms with Crippen LogP contribution in [0.1, 0.15) is 10.5 Å². The van der Waals surface area contributed by atoms with E-state index in [4.69, 9.17) is 11.5 Å². The number of nitrogens with two attached hydrogens (primary N) is 2. The van der Waals surface area contributed by atoms with Gasteiger partial charge in [-0.3, -0.25) is 4.79 Å². The highest BCUT2D eigenvalue weighted by atomic mass is 79.9. The number of nitrogens with zero attached hydrogens (tertiary/aromatic N) is 1. The van der Waals surface area contributed by atoms with Crippen LogP contribution in [0, 0.1) is 5.82 Å². The third-order valence-electron chi connectivity index (χ3n) is 2.36. The maximum atomic E-state index is 13.7. The second-order valence-electron chi connectivity index (χ2n) is 3.62. The Morgan fingerprint density at radius 3 is 2.67 bits per heavy atom. The summed E-state index contributed by atoms with van der Waals surface area (Å²) < 4.78 is 14.4. The molecule has 1 heterocycles. The smallest absolute Gasteiger partial charge is 0.269 e. The van der Waals surface area contributed by atoms with Gasteiger partial charge in [0.05, 0.1) is 11.4 Å². The molecule has 6 heteroatoms. The van der Waals surface area contributed by atoms with Crippen molar-refractivity contribution >= 4 is 27.5 Å². The maximum Gasteiger partial charge on any atom is 0.269 e. The summed E-state index contributed by atoms with van der Waals surface area (Å²) in [5, 5.41) is 0. The highest BCUT2D eigenvalue weighted by molar-refractivity contribution is 9.10. The van der Waals surface area contributed by atoms with Crippen molar-refractivity contribution < 1.29 is 9.18 Å². The third-order valence-corrected chi connectivity index (χ3v) is 2.86. The van der Waals surface area contributed by atoms with E-state index in [2.05, 4.69) is 20.9 Å². The number of benzene rings is 1. The van der Waals surface area contributed by atoms with E-state index in [1.165, 1.54) is 18.2 Å². The Hall–Kier alpha value is -1.95. The Balaban J connectivity index is 2.61. The monoisotopic (exact) mass is 309 g/mol. The van der Waals surface area contributed by atoms with Crippen molar-refractivity contribution in [3.8, 4) is 11.3 Å². The van der Waals surface area contributed by atoms with Crippen LogP contribution < -0.4 is 11.5 Å². The van der Waals surface area contributed by atoms with E-state index in [9.17, 15) is 9.18 Å². The highest BCUT2D eigenvalue weighted by Crippen LogP contribution is 2.26. The van der Waals surface area contributed by atoms with E-state index in [-0.39, 0.29) is 16.9 Å². The number of primary amides is 1. The first-order valence-corrected chi connectivity index (χ1v) is 5.80. The number of rotatable bonds is 2. The van der Waals surface area contributed by atoms with Crippen LogP contribution in [0.2, 0.25) is 0 Å². The third kappa shape index (κ3) is 2.33. The molecule has 18 heavy (non-hydrogen) atoms. The second kappa shape index (κ2) is 4.73. The summed E-state index contributed by atoms with van der Waals surface area (Å²) in [7, 11) is 0. The number of pyridine rings is 1. The van der Waals surface area contributed by atoms with E-state index < -0.39 is 11.7 Å². The van der Waals surface area contributed by atoms with Gasteiger partial charge in [0.2, 0.25) is 0 Å². The number of nitrogen functional groups attached to an aromatic ring is 1. The van der Waals surface area contributed by atoms with E-state index in [1.54, 1.807) is 12.1 Å².